The number of fused-ring (bicyclic) bond motifs is 5. The lowest BCUT2D eigenvalue weighted by molar-refractivity contribution is -0.142. The van der Waals surface area contributed by atoms with Crippen molar-refractivity contribution in [3.05, 3.63) is 12.7 Å². The zero-order chi connectivity index (χ0) is 33.0. The van der Waals surface area contributed by atoms with Gasteiger partial charge in [-0.1, -0.05) is 20.4 Å². The first-order chi connectivity index (χ1) is 21.9. The third-order valence-electron chi connectivity index (χ3n) is 12.4. The standard InChI is InChI=1S/C34H55F2N7O3/c1-7-26(44)41-16-20(5)42(17-19(41)4)32-22-15-24(36)30-28-23(35)9-8-10-25(28)40(6)27(45)12-11-21-13-14-37-29(18(2)3)31(21)43(33(22)38-30)34(46)39-32/h7,18-25,28-33,37-38H,1,8-17H2,2-6H3,(H,39,46)/t19-,20+,21?,22?,23?,24?,25?,28?,29?,30?,31?,32?,33?/m1/s1. The molecular weight excluding hydrogens is 592 g/mol. The van der Waals surface area contributed by atoms with Crippen LogP contribution in [0, 0.1) is 23.7 Å². The summed E-state index contributed by atoms with van der Waals surface area (Å²) in [5.74, 6) is -0.852. The van der Waals surface area contributed by atoms with E-state index in [2.05, 4.69) is 41.3 Å². The Morgan fingerprint density at radius 2 is 1.78 bits per heavy atom. The molecule has 2 bridgehead atoms. The highest BCUT2D eigenvalue weighted by molar-refractivity contribution is 5.87. The molecule has 0 aromatic heterocycles. The molecule has 3 N–H and O–H groups in total. The lowest BCUT2D eigenvalue weighted by Crippen LogP contribution is -2.80. The van der Waals surface area contributed by atoms with Crippen LogP contribution in [0.1, 0.15) is 72.6 Å². The number of hydrogen-bond donors (Lipinski definition) is 3. The van der Waals surface area contributed by atoms with Crippen LogP contribution in [0.5, 0.6) is 0 Å². The molecule has 5 heterocycles. The minimum Gasteiger partial charge on any atom is -0.342 e. The van der Waals surface area contributed by atoms with Gasteiger partial charge in [-0.3, -0.25) is 19.8 Å². The Morgan fingerprint density at radius 3 is 2.50 bits per heavy atom. The van der Waals surface area contributed by atoms with Gasteiger partial charge >= 0.3 is 6.03 Å². The highest BCUT2D eigenvalue weighted by atomic mass is 19.1. The number of alkyl halides is 2. The molecule has 0 spiro atoms. The third-order valence-corrected chi connectivity index (χ3v) is 12.4. The van der Waals surface area contributed by atoms with Gasteiger partial charge in [0.2, 0.25) is 11.8 Å². The largest absolute Gasteiger partial charge is 0.342 e. The maximum atomic E-state index is 16.7. The molecule has 1 aliphatic carbocycles. The second-order valence-corrected chi connectivity index (χ2v) is 15.3. The Balaban J connectivity index is 1.41. The molecule has 6 aliphatic rings. The van der Waals surface area contributed by atoms with Crippen molar-refractivity contribution >= 4 is 17.8 Å². The first kappa shape index (κ1) is 33.6. The van der Waals surface area contributed by atoms with Gasteiger partial charge in [-0.15, -0.1) is 0 Å². The summed E-state index contributed by atoms with van der Waals surface area (Å²) >= 11 is 0. The highest BCUT2D eigenvalue weighted by Crippen LogP contribution is 2.44. The van der Waals surface area contributed by atoms with Gasteiger partial charge in [-0.2, -0.15) is 0 Å². The van der Waals surface area contributed by atoms with E-state index in [1.54, 1.807) is 11.9 Å². The van der Waals surface area contributed by atoms with Crippen LogP contribution >= 0.6 is 0 Å². The molecule has 13 atom stereocenters. The van der Waals surface area contributed by atoms with Crippen LogP contribution in [0.25, 0.3) is 0 Å². The van der Waals surface area contributed by atoms with Gasteiger partial charge in [0.05, 0.1) is 18.4 Å². The first-order valence-electron chi connectivity index (χ1n) is 17.7. The van der Waals surface area contributed by atoms with E-state index in [-0.39, 0.29) is 66.2 Å². The summed E-state index contributed by atoms with van der Waals surface area (Å²) in [7, 11) is 1.77. The van der Waals surface area contributed by atoms with Gasteiger partial charge in [0, 0.05) is 68.6 Å². The number of halogens is 2. The van der Waals surface area contributed by atoms with E-state index in [1.165, 1.54) is 6.08 Å². The zero-order valence-electron chi connectivity index (χ0n) is 28.2. The Hall–Kier alpha value is -2.31. The Labute approximate surface area is 273 Å². The number of rotatable bonds is 3. The van der Waals surface area contributed by atoms with Gasteiger partial charge in [-0.25, -0.2) is 13.6 Å². The second-order valence-electron chi connectivity index (χ2n) is 15.3. The van der Waals surface area contributed by atoms with Gasteiger partial charge < -0.3 is 25.3 Å². The maximum absolute atomic E-state index is 16.7. The summed E-state index contributed by atoms with van der Waals surface area (Å²) in [6.45, 7) is 13.8. The average molecular weight is 648 g/mol. The van der Waals surface area contributed by atoms with Gasteiger partial charge in [0.15, 0.2) is 0 Å². The minimum atomic E-state index is -1.35. The van der Waals surface area contributed by atoms with E-state index in [0.29, 0.717) is 45.2 Å². The van der Waals surface area contributed by atoms with Crippen molar-refractivity contribution in [1.82, 2.24) is 35.6 Å². The lowest BCUT2D eigenvalue weighted by Gasteiger charge is -2.61. The summed E-state index contributed by atoms with van der Waals surface area (Å²) in [6, 6.07) is -1.84. The number of nitrogens with one attached hydrogen (secondary N) is 3. The van der Waals surface area contributed by atoms with Crippen molar-refractivity contribution in [3.63, 3.8) is 0 Å². The number of amides is 4. The molecule has 5 aliphatic heterocycles. The van der Waals surface area contributed by atoms with E-state index in [4.69, 9.17) is 0 Å². The number of carbonyl (C=O) groups is 3. The number of piperazine rings is 1. The van der Waals surface area contributed by atoms with E-state index in [0.717, 1.165) is 13.0 Å². The van der Waals surface area contributed by atoms with Gasteiger partial charge in [-0.05, 0) is 76.8 Å². The van der Waals surface area contributed by atoms with Crippen LogP contribution in [0.2, 0.25) is 0 Å². The second kappa shape index (κ2) is 13.3. The predicted molar refractivity (Wildman–Crippen MR) is 172 cm³/mol. The lowest BCUT2D eigenvalue weighted by atomic mass is 9.71. The first-order valence-corrected chi connectivity index (χ1v) is 17.7. The van der Waals surface area contributed by atoms with Crippen LogP contribution in [0.15, 0.2) is 12.7 Å². The van der Waals surface area contributed by atoms with Crippen molar-refractivity contribution in [2.45, 2.75) is 134 Å². The molecule has 46 heavy (non-hydrogen) atoms. The number of urea groups is 1. The molecule has 6 fully saturated rings. The third kappa shape index (κ3) is 5.84. The zero-order valence-corrected chi connectivity index (χ0v) is 28.2. The van der Waals surface area contributed by atoms with Crippen LogP contribution in [-0.2, 0) is 9.59 Å². The number of piperidine rings is 2. The predicted octanol–water partition coefficient (Wildman–Crippen LogP) is 2.85. The maximum Gasteiger partial charge on any atom is 0.320 e. The molecule has 1 saturated carbocycles. The fraction of sp³-hybridized carbons (Fsp3) is 0.853. The number of nitrogens with zero attached hydrogens (tertiary/aromatic N) is 4. The van der Waals surface area contributed by atoms with Crippen molar-refractivity contribution < 1.29 is 23.2 Å². The van der Waals surface area contributed by atoms with E-state index >= 15 is 8.78 Å². The summed E-state index contributed by atoms with van der Waals surface area (Å²) in [5, 5.41) is 10.6. The van der Waals surface area contributed by atoms with Crippen LogP contribution < -0.4 is 16.0 Å². The number of hydrogen-bond acceptors (Lipinski definition) is 6. The van der Waals surface area contributed by atoms with Crippen LogP contribution in [0.3, 0.4) is 0 Å². The topological polar surface area (TPSA) is 100 Å². The quantitative estimate of drug-likeness (QED) is 0.408. The van der Waals surface area contributed by atoms with E-state index in [9.17, 15) is 14.4 Å². The Morgan fingerprint density at radius 1 is 1.02 bits per heavy atom. The molecule has 0 aromatic carbocycles. The summed E-state index contributed by atoms with van der Waals surface area (Å²) < 4.78 is 32.8. The molecule has 11 unspecified atom stereocenters. The summed E-state index contributed by atoms with van der Waals surface area (Å²) in [5.41, 5.74) is 0. The number of carbonyl (C=O) groups excluding carboxylic acids is 3. The molecule has 4 amide bonds. The molecular formula is C34H55F2N7O3. The molecule has 5 saturated heterocycles. The fourth-order valence-corrected chi connectivity index (χ4v) is 10.1. The molecule has 12 heteroatoms. The van der Waals surface area contributed by atoms with E-state index in [1.807, 2.05) is 23.6 Å². The Kier molecular flexibility index (Phi) is 9.71. The van der Waals surface area contributed by atoms with Crippen molar-refractivity contribution in [3.8, 4) is 0 Å². The molecule has 258 valence electrons. The molecule has 0 aromatic rings. The van der Waals surface area contributed by atoms with Crippen LogP contribution in [-0.4, -0.2) is 125 Å². The van der Waals surface area contributed by atoms with E-state index < -0.39 is 42.7 Å². The molecule has 10 nitrogen and oxygen atoms in total. The van der Waals surface area contributed by atoms with Crippen molar-refractivity contribution in [1.29, 1.82) is 0 Å². The van der Waals surface area contributed by atoms with Gasteiger partial charge in [0.25, 0.3) is 0 Å². The SMILES string of the molecule is C=CC(=O)N1C[C@H](C)N(C2NC(=O)N3C4NC(C(F)CC42)C2C(F)CCCC2N(C)C(=O)CCC2CCNC(C(C)C)C23)C[C@H]1C. The summed E-state index contributed by atoms with van der Waals surface area (Å²) in [4.78, 5) is 48.5. The average Bonchev–Trinajstić information content (AvgIpc) is 3.03. The minimum absolute atomic E-state index is 0.00965. The van der Waals surface area contributed by atoms with Crippen molar-refractivity contribution in [2.24, 2.45) is 23.7 Å². The monoisotopic (exact) mass is 647 g/mol. The fourth-order valence-electron chi connectivity index (χ4n) is 10.1. The summed E-state index contributed by atoms with van der Waals surface area (Å²) in [6.07, 6.45) is 1.41. The van der Waals surface area contributed by atoms with Crippen molar-refractivity contribution in [2.75, 3.05) is 26.7 Å². The molecule has 0 radical (unpaired) electrons. The smallest absolute Gasteiger partial charge is 0.320 e. The normalized spacial score (nSPS) is 44.0. The highest BCUT2D eigenvalue weighted by Gasteiger charge is 2.58. The van der Waals surface area contributed by atoms with Crippen LogP contribution in [0.4, 0.5) is 13.6 Å². The Bertz CT molecular complexity index is 1180. The van der Waals surface area contributed by atoms with Gasteiger partial charge in [0.1, 0.15) is 12.3 Å². The molecule has 6 rings (SSSR count).